The van der Waals surface area contributed by atoms with Crippen molar-refractivity contribution in [3.8, 4) is 5.75 Å². The highest BCUT2D eigenvalue weighted by Gasteiger charge is 2.37. The number of carbonyl (C=O) groups is 2. The first-order chi connectivity index (χ1) is 13.0. The van der Waals surface area contributed by atoms with E-state index in [4.69, 9.17) is 4.74 Å². The van der Waals surface area contributed by atoms with Gasteiger partial charge in [-0.05, 0) is 36.1 Å². The van der Waals surface area contributed by atoms with E-state index in [1.165, 1.54) is 6.92 Å². The molecule has 1 unspecified atom stereocenters. The van der Waals surface area contributed by atoms with Crippen LogP contribution in [0, 0.1) is 5.92 Å². The fourth-order valence-electron chi connectivity index (χ4n) is 3.18. The molecule has 0 aliphatic carbocycles. The van der Waals surface area contributed by atoms with Gasteiger partial charge in [-0.2, -0.15) is 0 Å². The van der Waals surface area contributed by atoms with Gasteiger partial charge < -0.3 is 15.0 Å². The minimum atomic E-state index is -0.614. The molecule has 2 aromatic carbocycles. The highest BCUT2D eigenvalue weighted by atomic mass is 16.5. The van der Waals surface area contributed by atoms with Crippen LogP contribution in [-0.4, -0.2) is 18.4 Å². The SMILES string of the molecule is CC(=O)NC1C(=O)N(Cc2ccc(OCCC(C)C)cc2)c2ccccc21. The van der Waals surface area contributed by atoms with Crippen LogP contribution in [0.15, 0.2) is 48.5 Å². The van der Waals surface area contributed by atoms with E-state index in [1.54, 1.807) is 4.90 Å². The maximum Gasteiger partial charge on any atom is 0.254 e. The molecule has 0 bridgehead atoms. The summed E-state index contributed by atoms with van der Waals surface area (Å²) in [6.07, 6.45) is 1.02. The second-order valence-corrected chi connectivity index (χ2v) is 7.29. The van der Waals surface area contributed by atoms with Crippen molar-refractivity contribution < 1.29 is 14.3 Å². The second kappa shape index (κ2) is 8.25. The predicted molar refractivity (Wildman–Crippen MR) is 106 cm³/mol. The Morgan fingerprint density at radius 2 is 1.85 bits per heavy atom. The van der Waals surface area contributed by atoms with Gasteiger partial charge in [0.25, 0.3) is 5.91 Å². The molecule has 0 radical (unpaired) electrons. The summed E-state index contributed by atoms with van der Waals surface area (Å²) in [7, 11) is 0. The van der Waals surface area contributed by atoms with Crippen LogP contribution in [0.25, 0.3) is 0 Å². The Balaban J connectivity index is 1.71. The third-order valence-corrected chi connectivity index (χ3v) is 4.63. The van der Waals surface area contributed by atoms with Crippen molar-refractivity contribution in [2.75, 3.05) is 11.5 Å². The minimum Gasteiger partial charge on any atom is -0.494 e. The zero-order valence-corrected chi connectivity index (χ0v) is 16.1. The monoisotopic (exact) mass is 366 g/mol. The molecule has 0 spiro atoms. The standard InChI is InChI=1S/C22H26N2O3/c1-15(2)12-13-27-18-10-8-17(9-11-18)14-24-20-7-5-4-6-19(20)21(22(24)26)23-16(3)25/h4-11,15,21H,12-14H2,1-3H3,(H,23,25). The molecule has 142 valence electrons. The van der Waals surface area contributed by atoms with E-state index in [-0.39, 0.29) is 11.8 Å². The van der Waals surface area contributed by atoms with Crippen LogP contribution >= 0.6 is 0 Å². The third kappa shape index (κ3) is 4.48. The van der Waals surface area contributed by atoms with E-state index >= 15 is 0 Å². The van der Waals surface area contributed by atoms with Crippen molar-refractivity contribution in [3.05, 3.63) is 59.7 Å². The fourth-order valence-corrected chi connectivity index (χ4v) is 3.18. The number of para-hydroxylation sites is 1. The number of amides is 2. The van der Waals surface area contributed by atoms with Crippen LogP contribution in [-0.2, 0) is 16.1 Å². The Bertz CT molecular complexity index is 815. The largest absolute Gasteiger partial charge is 0.494 e. The molecule has 0 saturated carbocycles. The summed E-state index contributed by atoms with van der Waals surface area (Å²) in [4.78, 5) is 26.1. The van der Waals surface area contributed by atoms with E-state index in [2.05, 4.69) is 19.2 Å². The minimum absolute atomic E-state index is 0.108. The summed E-state index contributed by atoms with van der Waals surface area (Å²) in [6, 6.07) is 14.8. The van der Waals surface area contributed by atoms with E-state index in [1.807, 2.05) is 48.5 Å². The van der Waals surface area contributed by atoms with Crippen LogP contribution in [0.3, 0.4) is 0 Å². The summed E-state index contributed by atoms with van der Waals surface area (Å²) >= 11 is 0. The topological polar surface area (TPSA) is 58.6 Å². The number of hydrogen-bond acceptors (Lipinski definition) is 3. The van der Waals surface area contributed by atoms with E-state index in [0.717, 1.165) is 29.0 Å². The van der Waals surface area contributed by atoms with Crippen LogP contribution in [0.2, 0.25) is 0 Å². The number of carbonyl (C=O) groups excluding carboxylic acids is 2. The zero-order valence-electron chi connectivity index (χ0n) is 16.1. The molecule has 1 N–H and O–H groups in total. The van der Waals surface area contributed by atoms with E-state index in [9.17, 15) is 9.59 Å². The third-order valence-electron chi connectivity index (χ3n) is 4.63. The van der Waals surface area contributed by atoms with E-state index < -0.39 is 6.04 Å². The van der Waals surface area contributed by atoms with Crippen molar-refractivity contribution >= 4 is 17.5 Å². The molecule has 0 aromatic heterocycles. The number of anilines is 1. The maximum absolute atomic E-state index is 12.9. The van der Waals surface area contributed by atoms with Gasteiger partial charge in [-0.3, -0.25) is 9.59 Å². The Labute approximate surface area is 160 Å². The number of ether oxygens (including phenoxy) is 1. The lowest BCUT2D eigenvalue weighted by Gasteiger charge is -2.18. The van der Waals surface area contributed by atoms with Gasteiger partial charge in [-0.15, -0.1) is 0 Å². The normalized spacial score (nSPS) is 15.8. The molecule has 0 fully saturated rings. The molecule has 1 aliphatic heterocycles. The maximum atomic E-state index is 12.9. The highest BCUT2D eigenvalue weighted by Crippen LogP contribution is 2.36. The average molecular weight is 366 g/mol. The summed E-state index contributed by atoms with van der Waals surface area (Å²) < 4.78 is 5.75. The first kappa shape index (κ1) is 19.0. The van der Waals surface area contributed by atoms with Crippen LogP contribution < -0.4 is 15.0 Å². The Hall–Kier alpha value is -2.82. The molecule has 1 aliphatic rings. The lowest BCUT2D eigenvalue weighted by atomic mass is 10.1. The predicted octanol–water partition coefficient (Wildman–Crippen LogP) is 3.84. The molecule has 27 heavy (non-hydrogen) atoms. The fraction of sp³-hybridized carbons (Fsp3) is 0.364. The molecule has 1 heterocycles. The molecule has 5 heteroatoms. The quantitative estimate of drug-likeness (QED) is 0.810. The number of fused-ring (bicyclic) bond motifs is 1. The van der Waals surface area contributed by atoms with Crippen molar-refractivity contribution in [1.29, 1.82) is 0 Å². The van der Waals surface area contributed by atoms with Crippen molar-refractivity contribution in [2.24, 2.45) is 5.92 Å². The van der Waals surface area contributed by atoms with Crippen molar-refractivity contribution in [2.45, 2.75) is 39.8 Å². The van der Waals surface area contributed by atoms with Gasteiger partial charge in [-0.25, -0.2) is 0 Å². The van der Waals surface area contributed by atoms with Gasteiger partial charge in [-0.1, -0.05) is 44.2 Å². The van der Waals surface area contributed by atoms with Crippen LogP contribution in [0.5, 0.6) is 5.75 Å². The molecule has 1 atom stereocenters. The van der Waals surface area contributed by atoms with Gasteiger partial charge in [0.05, 0.1) is 13.2 Å². The Morgan fingerprint density at radius 3 is 2.52 bits per heavy atom. The van der Waals surface area contributed by atoms with Gasteiger partial charge in [0.1, 0.15) is 11.8 Å². The summed E-state index contributed by atoms with van der Waals surface area (Å²) in [5.41, 5.74) is 2.70. The lowest BCUT2D eigenvalue weighted by Crippen LogP contribution is -2.36. The molecular weight excluding hydrogens is 340 g/mol. The molecular formula is C22H26N2O3. The number of nitrogens with one attached hydrogen (secondary N) is 1. The summed E-state index contributed by atoms with van der Waals surface area (Å²) in [5, 5.41) is 2.75. The summed E-state index contributed by atoms with van der Waals surface area (Å²) in [6.45, 7) is 6.93. The number of rotatable bonds is 7. The second-order valence-electron chi connectivity index (χ2n) is 7.29. The number of hydrogen-bond donors (Lipinski definition) is 1. The lowest BCUT2D eigenvalue weighted by molar-refractivity contribution is -0.126. The van der Waals surface area contributed by atoms with Gasteiger partial charge in [0.2, 0.25) is 5.91 Å². The van der Waals surface area contributed by atoms with E-state index in [0.29, 0.717) is 19.1 Å². The number of benzene rings is 2. The first-order valence-corrected chi connectivity index (χ1v) is 9.35. The van der Waals surface area contributed by atoms with Crippen molar-refractivity contribution in [1.82, 2.24) is 5.32 Å². The Kier molecular flexibility index (Phi) is 5.79. The van der Waals surface area contributed by atoms with Gasteiger partial charge in [0.15, 0.2) is 0 Å². The number of nitrogens with zero attached hydrogens (tertiary/aromatic N) is 1. The van der Waals surface area contributed by atoms with Gasteiger partial charge >= 0.3 is 0 Å². The Morgan fingerprint density at radius 1 is 1.15 bits per heavy atom. The molecule has 5 nitrogen and oxygen atoms in total. The highest BCUT2D eigenvalue weighted by molar-refractivity contribution is 6.06. The molecule has 2 amide bonds. The average Bonchev–Trinajstić information content (AvgIpc) is 2.88. The van der Waals surface area contributed by atoms with Gasteiger partial charge in [0, 0.05) is 18.2 Å². The molecule has 3 rings (SSSR count). The van der Waals surface area contributed by atoms with Crippen molar-refractivity contribution in [3.63, 3.8) is 0 Å². The molecule has 0 saturated heterocycles. The zero-order chi connectivity index (χ0) is 19.4. The van der Waals surface area contributed by atoms with Crippen LogP contribution in [0.1, 0.15) is 44.4 Å². The summed E-state index contributed by atoms with van der Waals surface area (Å²) in [5.74, 6) is 1.13. The van der Waals surface area contributed by atoms with Crippen LogP contribution in [0.4, 0.5) is 5.69 Å². The smallest absolute Gasteiger partial charge is 0.254 e. The molecule has 2 aromatic rings. The first-order valence-electron chi connectivity index (χ1n) is 9.35.